The summed E-state index contributed by atoms with van der Waals surface area (Å²) in [4.78, 5) is 5.68. The zero-order valence-electron chi connectivity index (χ0n) is 11.1. The van der Waals surface area contributed by atoms with Crippen molar-refractivity contribution in [1.29, 1.82) is 0 Å². The van der Waals surface area contributed by atoms with Gasteiger partial charge in [0.05, 0.1) is 10.7 Å². The van der Waals surface area contributed by atoms with Crippen LogP contribution in [0.1, 0.15) is 29.4 Å². The molecule has 1 heterocycles. The summed E-state index contributed by atoms with van der Waals surface area (Å²) in [6.45, 7) is 10.9. The first-order valence-electron chi connectivity index (χ1n) is 6.04. The molecule has 1 rings (SSSR count). The molecule has 0 spiro atoms. The third kappa shape index (κ3) is 5.12. The van der Waals surface area contributed by atoms with Crippen LogP contribution in [0.25, 0.3) is 0 Å². The Morgan fingerprint density at radius 2 is 1.88 bits per heavy atom. The highest BCUT2D eigenvalue weighted by Gasteiger charge is 2.09. The number of rotatable bonds is 8. The maximum absolute atomic E-state index is 5.46. The fourth-order valence-corrected chi connectivity index (χ4v) is 2.49. The van der Waals surface area contributed by atoms with E-state index in [1.165, 1.54) is 4.88 Å². The van der Waals surface area contributed by atoms with Crippen LogP contribution in [0.15, 0.2) is 0 Å². The van der Waals surface area contributed by atoms with Crippen LogP contribution >= 0.6 is 11.3 Å². The second-order valence-electron chi connectivity index (χ2n) is 3.71. The second-order valence-corrected chi connectivity index (χ2v) is 5.00. The van der Waals surface area contributed by atoms with Crippen LogP contribution in [0.2, 0.25) is 0 Å². The summed E-state index contributed by atoms with van der Waals surface area (Å²) >= 11 is 1.74. The Kier molecular flexibility index (Phi) is 6.65. The number of hydrogen-bond acceptors (Lipinski definition) is 5. The number of nitrogens with one attached hydrogen (secondary N) is 1. The summed E-state index contributed by atoms with van der Waals surface area (Å²) in [6.07, 6.45) is -0.153. The predicted molar refractivity (Wildman–Crippen MR) is 70.3 cm³/mol. The highest BCUT2D eigenvalue weighted by atomic mass is 32.1. The normalized spacial score (nSPS) is 11.4. The van der Waals surface area contributed by atoms with Crippen molar-refractivity contribution in [2.45, 2.75) is 40.5 Å². The van der Waals surface area contributed by atoms with E-state index in [1.807, 2.05) is 27.7 Å². The van der Waals surface area contributed by atoms with Crippen LogP contribution in [0.4, 0.5) is 0 Å². The maximum Gasteiger partial charge on any atom is 0.169 e. The fourth-order valence-electron chi connectivity index (χ4n) is 1.58. The SMILES string of the molecule is CCOC(CNCc1sc(C)nc1C)OCC. The van der Waals surface area contributed by atoms with Gasteiger partial charge in [-0.05, 0) is 27.7 Å². The number of aryl methyl sites for hydroxylation is 2. The molecule has 4 nitrogen and oxygen atoms in total. The summed E-state index contributed by atoms with van der Waals surface area (Å²) < 4.78 is 10.9. The Bertz CT molecular complexity index is 322. The van der Waals surface area contributed by atoms with Gasteiger partial charge in [-0.2, -0.15) is 0 Å². The minimum Gasteiger partial charge on any atom is -0.352 e. The second kappa shape index (κ2) is 7.76. The van der Waals surface area contributed by atoms with E-state index < -0.39 is 0 Å². The molecule has 0 fully saturated rings. The van der Waals surface area contributed by atoms with Crippen LogP contribution in [-0.4, -0.2) is 31.0 Å². The van der Waals surface area contributed by atoms with Crippen molar-refractivity contribution < 1.29 is 9.47 Å². The van der Waals surface area contributed by atoms with Crippen LogP contribution in [-0.2, 0) is 16.0 Å². The minimum atomic E-state index is -0.153. The van der Waals surface area contributed by atoms with Crippen molar-refractivity contribution in [3.05, 3.63) is 15.6 Å². The average Bonchev–Trinajstić information content (AvgIpc) is 2.58. The van der Waals surface area contributed by atoms with Crippen LogP contribution in [0.5, 0.6) is 0 Å². The van der Waals surface area contributed by atoms with Gasteiger partial charge >= 0.3 is 0 Å². The lowest BCUT2D eigenvalue weighted by Gasteiger charge is -2.17. The van der Waals surface area contributed by atoms with Crippen molar-refractivity contribution >= 4 is 11.3 Å². The highest BCUT2D eigenvalue weighted by molar-refractivity contribution is 7.11. The van der Waals surface area contributed by atoms with E-state index in [2.05, 4.69) is 10.3 Å². The van der Waals surface area contributed by atoms with E-state index in [9.17, 15) is 0 Å². The summed E-state index contributed by atoms with van der Waals surface area (Å²) in [7, 11) is 0. The number of hydrogen-bond donors (Lipinski definition) is 1. The number of thiazole rings is 1. The summed E-state index contributed by atoms with van der Waals surface area (Å²) in [5.41, 5.74) is 1.12. The Morgan fingerprint density at radius 3 is 2.35 bits per heavy atom. The standard InChI is InChI=1S/C12H22N2O2S/c1-5-15-12(16-6-2)8-13-7-11-9(3)14-10(4)17-11/h12-13H,5-8H2,1-4H3. The fraction of sp³-hybridized carbons (Fsp3) is 0.750. The highest BCUT2D eigenvalue weighted by Crippen LogP contribution is 2.16. The largest absolute Gasteiger partial charge is 0.352 e. The Morgan fingerprint density at radius 1 is 1.24 bits per heavy atom. The quantitative estimate of drug-likeness (QED) is 0.726. The van der Waals surface area contributed by atoms with E-state index in [1.54, 1.807) is 11.3 Å². The average molecular weight is 258 g/mol. The van der Waals surface area contributed by atoms with Gasteiger partial charge in [0.2, 0.25) is 0 Å². The van der Waals surface area contributed by atoms with Crippen LogP contribution < -0.4 is 5.32 Å². The molecule has 1 aromatic rings. The van der Waals surface area contributed by atoms with Gasteiger partial charge in [-0.1, -0.05) is 0 Å². The van der Waals surface area contributed by atoms with Gasteiger partial charge in [0.1, 0.15) is 0 Å². The molecule has 0 aliphatic carbocycles. The summed E-state index contributed by atoms with van der Waals surface area (Å²) in [5.74, 6) is 0. The monoisotopic (exact) mass is 258 g/mol. The van der Waals surface area contributed by atoms with E-state index in [0.29, 0.717) is 19.8 Å². The molecule has 1 aromatic heterocycles. The van der Waals surface area contributed by atoms with Gasteiger partial charge in [-0.25, -0.2) is 4.98 Å². The van der Waals surface area contributed by atoms with Gasteiger partial charge in [0.25, 0.3) is 0 Å². The Balaban J connectivity index is 2.32. The minimum absolute atomic E-state index is 0.153. The lowest BCUT2D eigenvalue weighted by atomic mass is 10.4. The van der Waals surface area contributed by atoms with Gasteiger partial charge < -0.3 is 14.8 Å². The number of aromatic nitrogens is 1. The van der Waals surface area contributed by atoms with Gasteiger partial charge in [0.15, 0.2) is 6.29 Å². The smallest absolute Gasteiger partial charge is 0.169 e. The molecule has 0 aromatic carbocycles. The predicted octanol–water partition coefficient (Wildman–Crippen LogP) is 2.25. The van der Waals surface area contributed by atoms with Crippen molar-refractivity contribution in [2.75, 3.05) is 19.8 Å². The molecule has 0 bridgehead atoms. The van der Waals surface area contributed by atoms with E-state index in [4.69, 9.17) is 9.47 Å². The molecule has 0 amide bonds. The molecular formula is C12H22N2O2S. The van der Waals surface area contributed by atoms with Crippen molar-refractivity contribution in [2.24, 2.45) is 0 Å². The van der Waals surface area contributed by atoms with Gasteiger partial charge in [0, 0.05) is 31.2 Å². The number of ether oxygens (including phenoxy) is 2. The molecular weight excluding hydrogens is 236 g/mol. The van der Waals surface area contributed by atoms with E-state index in [0.717, 1.165) is 17.2 Å². The molecule has 0 unspecified atom stereocenters. The van der Waals surface area contributed by atoms with Crippen LogP contribution in [0, 0.1) is 13.8 Å². The van der Waals surface area contributed by atoms with Crippen LogP contribution in [0.3, 0.4) is 0 Å². The zero-order chi connectivity index (χ0) is 12.7. The number of nitrogens with zero attached hydrogens (tertiary/aromatic N) is 1. The molecule has 1 N–H and O–H groups in total. The molecule has 0 aliphatic heterocycles. The molecule has 17 heavy (non-hydrogen) atoms. The topological polar surface area (TPSA) is 43.4 Å². The Hall–Kier alpha value is -0.490. The zero-order valence-corrected chi connectivity index (χ0v) is 11.9. The molecule has 0 atom stereocenters. The first-order valence-corrected chi connectivity index (χ1v) is 6.85. The molecule has 0 radical (unpaired) electrons. The lowest BCUT2D eigenvalue weighted by molar-refractivity contribution is -0.133. The Labute approximate surface area is 107 Å². The molecule has 0 saturated carbocycles. The molecule has 98 valence electrons. The maximum atomic E-state index is 5.46. The van der Waals surface area contributed by atoms with Crippen molar-refractivity contribution in [3.8, 4) is 0 Å². The van der Waals surface area contributed by atoms with Crippen molar-refractivity contribution in [1.82, 2.24) is 10.3 Å². The summed E-state index contributed by atoms with van der Waals surface area (Å²) in [5, 5.41) is 4.46. The van der Waals surface area contributed by atoms with Crippen molar-refractivity contribution in [3.63, 3.8) is 0 Å². The third-order valence-electron chi connectivity index (χ3n) is 2.30. The lowest BCUT2D eigenvalue weighted by Crippen LogP contribution is -2.31. The summed E-state index contributed by atoms with van der Waals surface area (Å²) in [6, 6.07) is 0. The molecule has 0 aliphatic rings. The van der Waals surface area contributed by atoms with Gasteiger partial charge in [-0.15, -0.1) is 11.3 Å². The first kappa shape index (κ1) is 14.6. The molecule has 5 heteroatoms. The van der Waals surface area contributed by atoms with E-state index in [-0.39, 0.29) is 6.29 Å². The van der Waals surface area contributed by atoms with E-state index >= 15 is 0 Å². The third-order valence-corrected chi connectivity index (χ3v) is 3.37. The first-order chi connectivity index (χ1) is 8.17. The molecule has 0 saturated heterocycles. The van der Waals surface area contributed by atoms with Gasteiger partial charge in [-0.3, -0.25) is 0 Å².